The second kappa shape index (κ2) is 10.3. The highest BCUT2D eigenvalue weighted by Gasteiger charge is 2.31. The van der Waals surface area contributed by atoms with E-state index in [2.05, 4.69) is 20.3 Å². The smallest absolute Gasteiger partial charge is 0.308 e. The van der Waals surface area contributed by atoms with Crippen molar-refractivity contribution in [3.05, 3.63) is 58.7 Å². The summed E-state index contributed by atoms with van der Waals surface area (Å²) in [6.45, 7) is 6.84. The molecule has 4 rings (SSSR count). The van der Waals surface area contributed by atoms with Gasteiger partial charge in [0, 0.05) is 30.2 Å². The lowest BCUT2D eigenvalue weighted by atomic mass is 9.97. The molecule has 0 atom stereocenters. The maximum atomic E-state index is 13.4. The van der Waals surface area contributed by atoms with E-state index in [4.69, 9.17) is 4.74 Å². The monoisotopic (exact) mass is 480 g/mol. The molecule has 1 aromatic carbocycles. The number of methoxy groups -OCH3 is 1. The Morgan fingerprint density at radius 3 is 2.32 bits per heavy atom. The third-order valence-corrected chi connectivity index (χ3v) is 6.72. The van der Waals surface area contributed by atoms with Gasteiger partial charge in [0.15, 0.2) is 10.9 Å². The SMILES string of the molecule is COC(=O)C1CCN(C(=O)c2nnn(-c3ccc(C)cc3)c2CSc2nc(C)cc(C)n2)CC1. The first-order chi connectivity index (χ1) is 16.4. The van der Waals surface area contributed by atoms with Crippen LogP contribution in [0.5, 0.6) is 0 Å². The third kappa shape index (κ3) is 5.27. The number of benzene rings is 1. The molecule has 3 aromatic rings. The summed E-state index contributed by atoms with van der Waals surface area (Å²) >= 11 is 1.45. The van der Waals surface area contributed by atoms with Crippen molar-refractivity contribution < 1.29 is 14.3 Å². The summed E-state index contributed by atoms with van der Waals surface area (Å²) in [4.78, 5) is 36.0. The minimum absolute atomic E-state index is 0.172. The molecular weight excluding hydrogens is 452 g/mol. The predicted octanol–water partition coefficient (Wildman–Crippen LogP) is 3.30. The van der Waals surface area contributed by atoms with Crippen LogP contribution in [0.25, 0.3) is 5.69 Å². The molecule has 1 aliphatic rings. The second-order valence-electron chi connectivity index (χ2n) is 8.44. The summed E-state index contributed by atoms with van der Waals surface area (Å²) in [5, 5.41) is 9.26. The van der Waals surface area contributed by atoms with E-state index in [1.807, 2.05) is 51.1 Å². The number of amides is 1. The number of piperidine rings is 1. The maximum absolute atomic E-state index is 13.4. The van der Waals surface area contributed by atoms with E-state index in [0.29, 0.717) is 48.2 Å². The number of thioether (sulfide) groups is 1. The van der Waals surface area contributed by atoms with Crippen LogP contribution in [0.3, 0.4) is 0 Å². The van der Waals surface area contributed by atoms with Crippen molar-refractivity contribution in [1.29, 1.82) is 0 Å². The number of carbonyl (C=O) groups is 2. The van der Waals surface area contributed by atoms with E-state index in [-0.39, 0.29) is 17.8 Å². The maximum Gasteiger partial charge on any atom is 0.308 e. The zero-order valence-electron chi connectivity index (χ0n) is 19.8. The molecule has 2 aromatic heterocycles. The average Bonchev–Trinajstić information content (AvgIpc) is 3.25. The standard InChI is InChI=1S/C24H28N6O3S/c1-15-5-7-19(8-6-15)30-20(14-34-24-25-16(2)13-17(3)26-24)21(27-28-30)22(31)29-11-9-18(10-12-29)23(32)33-4/h5-8,13,18H,9-12,14H2,1-4H3. The van der Waals surface area contributed by atoms with Crippen LogP contribution in [0, 0.1) is 26.7 Å². The minimum Gasteiger partial charge on any atom is -0.469 e. The highest BCUT2D eigenvalue weighted by atomic mass is 32.2. The minimum atomic E-state index is -0.219. The highest BCUT2D eigenvalue weighted by Crippen LogP contribution is 2.26. The topological polar surface area (TPSA) is 103 Å². The van der Waals surface area contributed by atoms with Crippen molar-refractivity contribution in [3.63, 3.8) is 0 Å². The molecule has 1 fully saturated rings. The number of hydrogen-bond acceptors (Lipinski definition) is 8. The zero-order chi connectivity index (χ0) is 24.2. The van der Waals surface area contributed by atoms with Crippen LogP contribution in [0.1, 0.15) is 46.0 Å². The molecule has 0 N–H and O–H groups in total. The van der Waals surface area contributed by atoms with Crippen LogP contribution in [0.2, 0.25) is 0 Å². The van der Waals surface area contributed by atoms with Crippen molar-refractivity contribution in [2.24, 2.45) is 5.92 Å². The van der Waals surface area contributed by atoms with Crippen LogP contribution >= 0.6 is 11.8 Å². The summed E-state index contributed by atoms with van der Waals surface area (Å²) in [6, 6.07) is 9.85. The van der Waals surface area contributed by atoms with Gasteiger partial charge in [-0.05, 0) is 51.8 Å². The molecule has 34 heavy (non-hydrogen) atoms. The lowest BCUT2D eigenvalue weighted by Crippen LogP contribution is -2.41. The normalized spacial score (nSPS) is 14.3. The zero-order valence-corrected chi connectivity index (χ0v) is 20.6. The van der Waals surface area contributed by atoms with Gasteiger partial charge in [0.05, 0.1) is 24.4 Å². The fourth-order valence-corrected chi connectivity index (χ4v) is 4.96. The van der Waals surface area contributed by atoms with Gasteiger partial charge in [-0.15, -0.1) is 5.10 Å². The van der Waals surface area contributed by atoms with Crippen molar-refractivity contribution in [3.8, 4) is 5.69 Å². The molecule has 0 saturated carbocycles. The second-order valence-corrected chi connectivity index (χ2v) is 9.39. The molecule has 1 amide bonds. The van der Waals surface area contributed by atoms with Crippen LogP contribution in [0.4, 0.5) is 0 Å². The fraction of sp³-hybridized carbons (Fsp3) is 0.417. The van der Waals surface area contributed by atoms with E-state index in [9.17, 15) is 9.59 Å². The Labute approximate surface area is 202 Å². The van der Waals surface area contributed by atoms with Crippen molar-refractivity contribution in [2.75, 3.05) is 20.2 Å². The molecule has 3 heterocycles. The Balaban J connectivity index is 1.61. The lowest BCUT2D eigenvalue weighted by molar-refractivity contribution is -0.146. The van der Waals surface area contributed by atoms with Gasteiger partial charge in [-0.1, -0.05) is 34.7 Å². The van der Waals surface area contributed by atoms with E-state index in [1.54, 1.807) is 9.58 Å². The molecule has 1 saturated heterocycles. The van der Waals surface area contributed by atoms with Crippen molar-refractivity contribution >= 4 is 23.6 Å². The number of hydrogen-bond donors (Lipinski definition) is 0. The predicted molar refractivity (Wildman–Crippen MR) is 128 cm³/mol. The van der Waals surface area contributed by atoms with Gasteiger partial charge < -0.3 is 9.64 Å². The van der Waals surface area contributed by atoms with Crippen molar-refractivity contribution in [1.82, 2.24) is 29.9 Å². The fourth-order valence-electron chi connectivity index (χ4n) is 4.02. The highest BCUT2D eigenvalue weighted by molar-refractivity contribution is 7.98. The molecule has 9 nitrogen and oxygen atoms in total. The summed E-state index contributed by atoms with van der Waals surface area (Å²) in [6.07, 6.45) is 1.15. The number of aromatic nitrogens is 5. The Morgan fingerprint density at radius 1 is 1.06 bits per heavy atom. The van der Waals surface area contributed by atoms with Crippen LogP contribution < -0.4 is 0 Å². The van der Waals surface area contributed by atoms with Crippen LogP contribution in [-0.2, 0) is 15.3 Å². The van der Waals surface area contributed by atoms with E-state index >= 15 is 0 Å². The molecule has 0 radical (unpaired) electrons. The van der Waals surface area contributed by atoms with Gasteiger partial charge in [-0.3, -0.25) is 9.59 Å². The van der Waals surface area contributed by atoms with Gasteiger partial charge in [0.25, 0.3) is 5.91 Å². The van der Waals surface area contributed by atoms with Crippen LogP contribution in [-0.4, -0.2) is 61.9 Å². The third-order valence-electron chi connectivity index (χ3n) is 5.86. The molecule has 0 bridgehead atoms. The Morgan fingerprint density at radius 2 is 1.71 bits per heavy atom. The van der Waals surface area contributed by atoms with Gasteiger partial charge in [0.1, 0.15) is 0 Å². The van der Waals surface area contributed by atoms with Gasteiger partial charge in [-0.2, -0.15) is 0 Å². The molecular formula is C24H28N6O3S. The molecule has 1 aliphatic heterocycles. The van der Waals surface area contributed by atoms with Crippen LogP contribution in [0.15, 0.2) is 35.5 Å². The first-order valence-electron chi connectivity index (χ1n) is 11.2. The summed E-state index contributed by atoms with van der Waals surface area (Å²) in [5.74, 6) is -0.140. The average molecular weight is 481 g/mol. The first kappa shape index (κ1) is 23.9. The quantitative estimate of drug-likeness (QED) is 0.301. The van der Waals surface area contributed by atoms with Gasteiger partial charge >= 0.3 is 5.97 Å². The number of rotatable bonds is 6. The molecule has 0 spiro atoms. The van der Waals surface area contributed by atoms with E-state index < -0.39 is 0 Å². The molecule has 0 unspecified atom stereocenters. The number of likely N-dealkylation sites (tertiary alicyclic amines) is 1. The number of carbonyl (C=O) groups excluding carboxylic acids is 2. The van der Waals surface area contributed by atoms with E-state index in [1.165, 1.54) is 18.9 Å². The number of nitrogens with zero attached hydrogens (tertiary/aromatic N) is 6. The number of aryl methyl sites for hydroxylation is 3. The lowest BCUT2D eigenvalue weighted by Gasteiger charge is -2.30. The Hall–Kier alpha value is -3.27. The summed E-state index contributed by atoms with van der Waals surface area (Å²) in [7, 11) is 1.40. The first-order valence-corrected chi connectivity index (χ1v) is 12.2. The summed E-state index contributed by atoms with van der Waals surface area (Å²) < 4.78 is 6.57. The largest absolute Gasteiger partial charge is 0.469 e. The molecule has 0 aliphatic carbocycles. The van der Waals surface area contributed by atoms with Gasteiger partial charge in [-0.25, -0.2) is 14.6 Å². The van der Waals surface area contributed by atoms with Crippen molar-refractivity contribution in [2.45, 2.75) is 44.5 Å². The Kier molecular flexibility index (Phi) is 7.26. The van der Waals surface area contributed by atoms with Gasteiger partial charge in [0.2, 0.25) is 0 Å². The molecule has 10 heteroatoms. The van der Waals surface area contributed by atoms with E-state index in [0.717, 1.165) is 22.6 Å². The summed E-state index contributed by atoms with van der Waals surface area (Å²) in [5.41, 5.74) is 4.76. The number of esters is 1. The Bertz CT molecular complexity index is 1170. The number of ether oxygens (including phenoxy) is 1. The molecule has 178 valence electrons.